The van der Waals surface area contributed by atoms with Gasteiger partial charge in [0.25, 0.3) is 10.0 Å². The third-order valence-corrected chi connectivity index (χ3v) is 6.68. The highest BCUT2D eigenvalue weighted by Gasteiger charge is 2.32. The second-order valence-electron chi connectivity index (χ2n) is 7.58. The molecule has 0 amide bonds. The molecule has 0 saturated heterocycles. The maximum atomic E-state index is 12.7. The van der Waals surface area contributed by atoms with Crippen LogP contribution >= 0.6 is 0 Å². The lowest BCUT2D eigenvalue weighted by molar-refractivity contribution is 0.0513. The van der Waals surface area contributed by atoms with Gasteiger partial charge in [-0.15, -0.1) is 4.40 Å². The second-order valence-corrected chi connectivity index (χ2v) is 9.15. The van der Waals surface area contributed by atoms with Crippen LogP contribution in [0.15, 0.2) is 76.0 Å². The Morgan fingerprint density at radius 2 is 1.76 bits per heavy atom. The molecule has 1 aliphatic heterocycles. The Bertz CT molecular complexity index is 1370. The molecule has 4 rings (SSSR count). The molecule has 1 aliphatic rings. The van der Waals surface area contributed by atoms with Crippen LogP contribution in [0.4, 0.5) is 5.69 Å². The molecule has 9 heteroatoms. The molecule has 34 heavy (non-hydrogen) atoms. The standard InChI is InChI=1S/C25H24N2O6S/c1-17-7-6-8-18(15-17)27(24-21-9-4-5-10-23(21)34(29,30)26-24)13-14-33-25(28)20-12-11-19(31-2)16-22(20)32-3/h4-12,15-16H,13-14H2,1-3H3. The number of nitrogens with zero attached hydrogens (tertiary/aromatic N) is 2. The molecule has 0 fully saturated rings. The first-order valence-electron chi connectivity index (χ1n) is 10.5. The highest BCUT2D eigenvalue weighted by Crippen LogP contribution is 2.30. The van der Waals surface area contributed by atoms with Crippen molar-refractivity contribution >= 4 is 27.5 Å². The number of methoxy groups -OCH3 is 2. The number of aryl methyl sites for hydroxylation is 1. The number of carbonyl (C=O) groups excluding carboxylic acids is 1. The van der Waals surface area contributed by atoms with Gasteiger partial charge in [0.15, 0.2) is 5.84 Å². The van der Waals surface area contributed by atoms with E-state index in [1.807, 2.05) is 31.2 Å². The third kappa shape index (κ3) is 4.60. The lowest BCUT2D eigenvalue weighted by Gasteiger charge is -2.25. The van der Waals surface area contributed by atoms with Gasteiger partial charge in [0.2, 0.25) is 0 Å². The van der Waals surface area contributed by atoms with E-state index in [1.165, 1.54) is 20.3 Å². The lowest BCUT2D eigenvalue weighted by atomic mass is 10.1. The van der Waals surface area contributed by atoms with Crippen LogP contribution in [0.1, 0.15) is 21.5 Å². The summed E-state index contributed by atoms with van der Waals surface area (Å²) in [5.41, 5.74) is 2.50. The van der Waals surface area contributed by atoms with Crippen molar-refractivity contribution in [3.63, 3.8) is 0 Å². The molecular formula is C25H24N2O6S. The first-order chi connectivity index (χ1) is 16.3. The molecule has 0 atom stereocenters. The minimum Gasteiger partial charge on any atom is -0.497 e. The molecule has 0 aliphatic carbocycles. The summed E-state index contributed by atoms with van der Waals surface area (Å²) in [6.07, 6.45) is 0. The van der Waals surface area contributed by atoms with Gasteiger partial charge in [0.1, 0.15) is 28.6 Å². The van der Waals surface area contributed by atoms with Crippen molar-refractivity contribution in [1.29, 1.82) is 0 Å². The molecular weight excluding hydrogens is 456 g/mol. The number of amidine groups is 1. The van der Waals surface area contributed by atoms with E-state index in [4.69, 9.17) is 14.2 Å². The number of hydrogen-bond donors (Lipinski definition) is 0. The van der Waals surface area contributed by atoms with Gasteiger partial charge in [-0.1, -0.05) is 24.3 Å². The third-order valence-electron chi connectivity index (χ3n) is 5.36. The number of esters is 1. The van der Waals surface area contributed by atoms with Gasteiger partial charge in [-0.25, -0.2) is 4.79 Å². The van der Waals surface area contributed by atoms with Crippen molar-refractivity contribution < 1.29 is 27.4 Å². The Labute approximate surface area is 198 Å². The van der Waals surface area contributed by atoms with Crippen molar-refractivity contribution in [2.75, 3.05) is 32.3 Å². The fraction of sp³-hybridized carbons (Fsp3) is 0.200. The number of hydrogen-bond acceptors (Lipinski definition) is 7. The topological polar surface area (TPSA) is 94.5 Å². The van der Waals surface area contributed by atoms with Crippen LogP contribution in [0.5, 0.6) is 11.5 Å². The predicted molar refractivity (Wildman–Crippen MR) is 129 cm³/mol. The average Bonchev–Trinajstić information content (AvgIpc) is 3.11. The average molecular weight is 481 g/mol. The summed E-state index contributed by atoms with van der Waals surface area (Å²) < 4.78 is 45.3. The molecule has 3 aromatic carbocycles. The monoisotopic (exact) mass is 480 g/mol. The first kappa shape index (κ1) is 23.3. The number of rotatable bonds is 7. The number of carbonyl (C=O) groups is 1. The van der Waals surface area contributed by atoms with Crippen LogP contribution < -0.4 is 14.4 Å². The van der Waals surface area contributed by atoms with Crippen LogP contribution in [0.3, 0.4) is 0 Å². The zero-order valence-electron chi connectivity index (χ0n) is 19.0. The van der Waals surface area contributed by atoms with Crippen molar-refractivity contribution in [2.45, 2.75) is 11.8 Å². The highest BCUT2D eigenvalue weighted by molar-refractivity contribution is 7.90. The fourth-order valence-electron chi connectivity index (χ4n) is 3.71. The SMILES string of the molecule is COc1ccc(C(=O)OCCN(C2=NS(=O)(=O)c3ccccc32)c2cccc(C)c2)c(OC)c1. The molecule has 0 radical (unpaired) electrons. The van der Waals surface area contributed by atoms with E-state index in [2.05, 4.69) is 4.40 Å². The van der Waals surface area contributed by atoms with E-state index < -0.39 is 16.0 Å². The zero-order chi connectivity index (χ0) is 24.3. The maximum absolute atomic E-state index is 12.7. The number of anilines is 1. The summed E-state index contributed by atoms with van der Waals surface area (Å²) in [6.45, 7) is 2.12. The Balaban J connectivity index is 1.60. The van der Waals surface area contributed by atoms with Gasteiger partial charge >= 0.3 is 5.97 Å². The quantitative estimate of drug-likeness (QED) is 0.475. The van der Waals surface area contributed by atoms with Crippen LogP contribution in [-0.2, 0) is 14.8 Å². The Morgan fingerprint density at radius 1 is 0.971 bits per heavy atom. The number of sulfonamides is 1. The van der Waals surface area contributed by atoms with E-state index in [-0.39, 0.29) is 23.6 Å². The van der Waals surface area contributed by atoms with E-state index in [9.17, 15) is 13.2 Å². The molecule has 1 heterocycles. The summed E-state index contributed by atoms with van der Waals surface area (Å²) in [5, 5.41) is 0. The second kappa shape index (κ2) is 9.56. The van der Waals surface area contributed by atoms with Crippen LogP contribution in [0.2, 0.25) is 0 Å². The maximum Gasteiger partial charge on any atom is 0.341 e. The molecule has 176 valence electrons. The van der Waals surface area contributed by atoms with Crippen LogP contribution in [0.25, 0.3) is 0 Å². The minimum atomic E-state index is -3.81. The van der Waals surface area contributed by atoms with Gasteiger partial charge in [0, 0.05) is 17.3 Å². The Kier molecular flexibility index (Phi) is 6.56. The summed E-state index contributed by atoms with van der Waals surface area (Å²) in [4.78, 5) is 14.6. The van der Waals surface area contributed by atoms with Crippen molar-refractivity contribution in [3.05, 3.63) is 83.4 Å². The molecule has 0 spiro atoms. The van der Waals surface area contributed by atoms with Gasteiger partial charge in [0.05, 0.1) is 20.8 Å². The zero-order valence-corrected chi connectivity index (χ0v) is 19.8. The lowest BCUT2D eigenvalue weighted by Crippen LogP contribution is -2.34. The van der Waals surface area contributed by atoms with E-state index in [1.54, 1.807) is 41.3 Å². The summed E-state index contributed by atoms with van der Waals surface area (Å²) in [7, 11) is -0.824. The largest absolute Gasteiger partial charge is 0.497 e. The molecule has 3 aromatic rings. The van der Waals surface area contributed by atoms with Gasteiger partial charge < -0.3 is 19.1 Å². The number of benzene rings is 3. The Hall–Kier alpha value is -3.85. The van der Waals surface area contributed by atoms with Crippen LogP contribution in [-0.4, -0.2) is 47.6 Å². The molecule has 0 bridgehead atoms. The fourth-order valence-corrected chi connectivity index (χ4v) is 4.92. The van der Waals surface area contributed by atoms with E-state index in [0.29, 0.717) is 22.9 Å². The minimum absolute atomic E-state index is 0.0107. The summed E-state index contributed by atoms with van der Waals surface area (Å²) in [5.74, 6) is 0.613. The van der Waals surface area contributed by atoms with Gasteiger partial charge in [-0.3, -0.25) is 0 Å². The number of ether oxygens (including phenoxy) is 3. The van der Waals surface area contributed by atoms with Crippen molar-refractivity contribution in [3.8, 4) is 11.5 Å². The van der Waals surface area contributed by atoms with Gasteiger partial charge in [-0.05, 0) is 48.9 Å². The normalized spacial score (nSPS) is 13.6. The van der Waals surface area contributed by atoms with Crippen LogP contribution in [0, 0.1) is 6.92 Å². The molecule has 0 N–H and O–H groups in total. The Morgan fingerprint density at radius 3 is 2.50 bits per heavy atom. The highest BCUT2D eigenvalue weighted by atomic mass is 32.2. The molecule has 8 nitrogen and oxygen atoms in total. The van der Waals surface area contributed by atoms with Crippen molar-refractivity contribution in [1.82, 2.24) is 0 Å². The van der Waals surface area contributed by atoms with E-state index >= 15 is 0 Å². The molecule has 0 unspecified atom stereocenters. The number of fused-ring (bicyclic) bond motifs is 1. The smallest absolute Gasteiger partial charge is 0.341 e. The van der Waals surface area contributed by atoms with Gasteiger partial charge in [-0.2, -0.15) is 8.42 Å². The summed E-state index contributed by atoms with van der Waals surface area (Å²) in [6, 6.07) is 19.1. The van der Waals surface area contributed by atoms with E-state index in [0.717, 1.165) is 11.3 Å². The molecule has 0 aromatic heterocycles. The van der Waals surface area contributed by atoms with Crippen molar-refractivity contribution in [2.24, 2.45) is 4.40 Å². The first-order valence-corrected chi connectivity index (χ1v) is 12.0. The predicted octanol–water partition coefficient (Wildman–Crippen LogP) is 3.82. The summed E-state index contributed by atoms with van der Waals surface area (Å²) >= 11 is 0. The molecule has 0 saturated carbocycles.